The van der Waals surface area contributed by atoms with Crippen LogP contribution in [0.25, 0.3) is 10.9 Å². The number of anilines is 1. The highest BCUT2D eigenvalue weighted by atomic mass is 32.3. The van der Waals surface area contributed by atoms with Crippen LogP contribution in [0.5, 0.6) is 5.75 Å². The monoisotopic (exact) mass is 877 g/mol. The van der Waals surface area contributed by atoms with Crippen molar-refractivity contribution in [3.05, 3.63) is 81.4 Å². The van der Waals surface area contributed by atoms with Gasteiger partial charge in [-0.05, 0) is 61.2 Å². The maximum atomic E-state index is 13.7. The van der Waals surface area contributed by atoms with E-state index in [1.165, 1.54) is 32.2 Å². The van der Waals surface area contributed by atoms with Crippen LogP contribution >= 0.6 is 10.9 Å². The van der Waals surface area contributed by atoms with Gasteiger partial charge in [-0.1, -0.05) is 6.07 Å². The fraction of sp³-hybridized carbons (Fsp3) is 0.405. The summed E-state index contributed by atoms with van der Waals surface area (Å²) in [6.45, 7) is 3.14. The van der Waals surface area contributed by atoms with Gasteiger partial charge in [-0.2, -0.15) is 4.72 Å². The molecule has 0 aliphatic heterocycles. The number of aromatic nitrogens is 3. The predicted octanol–water partition coefficient (Wildman–Crippen LogP) is 0.693. The number of benzene rings is 2. The van der Waals surface area contributed by atoms with E-state index in [4.69, 9.17) is 28.9 Å². The van der Waals surface area contributed by atoms with E-state index in [1.54, 1.807) is 36.1 Å². The standard InChI is InChI=1S/C37H51N9O12S2/c1-22-15-25(58-14-6-7-31(47)39-10-11-40-35(50)28(38)21-59(52,53)54)16-23(2)33(22)60(55,56)44-29(36(51)57-5)19-42-34(49)27-20-46(4)30-17-24(8-9-26(30)32(27)48)18-43-37-41-12-13-45(37)3/h8-9,12-13,15-17,20,28-29,44,52-54H,6-7,10-11,14,18-19,21,38H2,1-5H3,(H,39,47)(H,40,50)(H,41,43)(H,42,49)/t28-,29-/m0/s1. The molecule has 0 saturated heterocycles. The summed E-state index contributed by atoms with van der Waals surface area (Å²) in [6, 6.07) is 5.25. The van der Waals surface area contributed by atoms with Gasteiger partial charge >= 0.3 is 5.97 Å². The number of amides is 3. The molecule has 2 heterocycles. The molecular formula is C37H51N9O12S2. The molecule has 0 bridgehead atoms. The Morgan fingerprint density at radius 3 is 2.28 bits per heavy atom. The van der Waals surface area contributed by atoms with Crippen LogP contribution in [0.2, 0.25) is 0 Å². The van der Waals surface area contributed by atoms with Crippen molar-refractivity contribution in [3.63, 3.8) is 0 Å². The van der Waals surface area contributed by atoms with E-state index >= 15 is 0 Å². The Labute approximate surface area is 347 Å². The van der Waals surface area contributed by atoms with Crippen LogP contribution in [0, 0.1) is 13.8 Å². The van der Waals surface area contributed by atoms with E-state index in [2.05, 4.69) is 31.0 Å². The number of nitrogens with one attached hydrogen (secondary N) is 5. The number of sulfonamides is 1. The quantitative estimate of drug-likeness (QED) is 0.0411. The van der Waals surface area contributed by atoms with Crippen LogP contribution in [0.15, 0.2) is 58.6 Å². The van der Waals surface area contributed by atoms with Crippen LogP contribution < -0.4 is 41.9 Å². The second kappa shape index (κ2) is 20.6. The minimum atomic E-state index is -4.39. The Morgan fingerprint density at radius 1 is 0.967 bits per heavy atom. The molecule has 2 aromatic heterocycles. The number of carbonyl (C=O) groups excluding carboxylic acids is 4. The van der Waals surface area contributed by atoms with Crippen molar-refractivity contribution in [2.24, 2.45) is 19.8 Å². The number of rotatable bonds is 21. The van der Waals surface area contributed by atoms with Gasteiger partial charge in [-0.25, -0.2) is 13.4 Å². The van der Waals surface area contributed by atoms with E-state index in [-0.39, 0.29) is 59.0 Å². The number of nitrogens with zero attached hydrogens (tertiary/aromatic N) is 3. The number of aryl methyl sites for hydroxylation is 4. The molecule has 0 aliphatic carbocycles. The van der Waals surface area contributed by atoms with Crippen molar-refractivity contribution >= 4 is 61.4 Å². The minimum absolute atomic E-state index is 0.0120. The van der Waals surface area contributed by atoms with E-state index in [0.717, 1.165) is 12.7 Å². The Hall–Kier alpha value is -5.56. The summed E-state index contributed by atoms with van der Waals surface area (Å²) in [6.07, 6.45) is 5.20. The Morgan fingerprint density at radius 2 is 1.65 bits per heavy atom. The molecule has 0 saturated carbocycles. The number of esters is 1. The van der Waals surface area contributed by atoms with Gasteiger partial charge in [-0.3, -0.25) is 24.0 Å². The zero-order valence-electron chi connectivity index (χ0n) is 33.7. The van der Waals surface area contributed by atoms with Crippen molar-refractivity contribution in [1.29, 1.82) is 0 Å². The summed E-state index contributed by atoms with van der Waals surface area (Å²) in [5, 5.41) is 11.0. The first-order valence-corrected chi connectivity index (χ1v) is 21.6. The van der Waals surface area contributed by atoms with E-state index in [1.807, 2.05) is 17.7 Å². The molecular weight excluding hydrogens is 827 g/mol. The molecule has 4 aromatic rings. The zero-order chi connectivity index (χ0) is 44.4. The molecule has 0 spiro atoms. The average Bonchev–Trinajstić information content (AvgIpc) is 3.59. The third-order valence-electron chi connectivity index (χ3n) is 9.03. The maximum absolute atomic E-state index is 13.7. The number of nitrogens with two attached hydrogens (primary N) is 1. The summed E-state index contributed by atoms with van der Waals surface area (Å²) < 4.78 is 70.7. The van der Waals surface area contributed by atoms with Crippen molar-refractivity contribution in [3.8, 4) is 5.75 Å². The van der Waals surface area contributed by atoms with Crippen LogP contribution in [-0.2, 0) is 49.8 Å². The molecule has 60 heavy (non-hydrogen) atoms. The SMILES string of the molecule is COC(=O)[C@H](CNC(=O)c1cn(C)c2cc(CNc3nccn3C)ccc2c1=O)NS(=O)(=O)c1c(C)cc(OCCCC(=O)NCCNC(=O)[C@@H](N)CS(O)(O)O)cc1C. The fourth-order valence-corrected chi connectivity index (χ4v) is 8.40. The van der Waals surface area contributed by atoms with Crippen LogP contribution in [-0.4, -0.2) is 111 Å². The number of methoxy groups -OCH3 is 1. The fourth-order valence-electron chi connectivity index (χ4n) is 6.13. The third-order valence-corrected chi connectivity index (χ3v) is 11.6. The number of carbonyl (C=O) groups is 4. The highest BCUT2D eigenvalue weighted by Gasteiger charge is 2.30. The smallest absolute Gasteiger partial charge is 0.325 e. The molecule has 0 aliphatic rings. The van der Waals surface area contributed by atoms with Gasteiger partial charge in [0.25, 0.3) is 5.91 Å². The van der Waals surface area contributed by atoms with Gasteiger partial charge in [-0.15, -0.1) is 0 Å². The second-order valence-corrected chi connectivity index (χ2v) is 17.1. The predicted molar refractivity (Wildman–Crippen MR) is 223 cm³/mol. The Kier molecular flexibility index (Phi) is 16.2. The van der Waals surface area contributed by atoms with Gasteiger partial charge < -0.3 is 59.3 Å². The molecule has 0 unspecified atom stereocenters. The molecule has 328 valence electrons. The summed E-state index contributed by atoms with van der Waals surface area (Å²) in [7, 11) is -3.72. The average molecular weight is 878 g/mol. The van der Waals surface area contributed by atoms with Crippen LogP contribution in [0.4, 0.5) is 5.95 Å². The topological polar surface area (TPSA) is 308 Å². The first kappa shape index (κ1) is 47.1. The summed E-state index contributed by atoms with van der Waals surface area (Å²) >= 11 is 0. The van der Waals surface area contributed by atoms with Gasteiger partial charge in [0, 0.05) is 70.7 Å². The third kappa shape index (κ3) is 13.0. The van der Waals surface area contributed by atoms with Crippen LogP contribution in [0.3, 0.4) is 0 Å². The molecule has 0 fully saturated rings. The molecule has 23 heteroatoms. The van der Waals surface area contributed by atoms with Crippen molar-refractivity contribution < 1.29 is 50.7 Å². The van der Waals surface area contributed by atoms with Crippen molar-refractivity contribution in [2.45, 2.75) is 50.2 Å². The lowest BCUT2D eigenvalue weighted by Gasteiger charge is -2.22. The normalized spacial score (nSPS) is 12.9. The van der Waals surface area contributed by atoms with Gasteiger partial charge in [0.05, 0.1) is 46.8 Å². The van der Waals surface area contributed by atoms with E-state index in [0.29, 0.717) is 30.2 Å². The maximum Gasteiger partial charge on any atom is 0.325 e. The molecule has 0 radical (unpaired) electrons. The highest BCUT2D eigenvalue weighted by molar-refractivity contribution is 8.19. The van der Waals surface area contributed by atoms with E-state index in [9.17, 15) is 32.4 Å². The van der Waals surface area contributed by atoms with Gasteiger partial charge in [0.2, 0.25) is 33.2 Å². The van der Waals surface area contributed by atoms with Gasteiger partial charge in [0.15, 0.2) is 0 Å². The molecule has 2 atom stereocenters. The number of imidazole rings is 1. The summed E-state index contributed by atoms with van der Waals surface area (Å²) in [5.74, 6) is -2.59. The molecule has 2 aromatic carbocycles. The summed E-state index contributed by atoms with van der Waals surface area (Å²) in [5.41, 5.74) is 6.72. The van der Waals surface area contributed by atoms with Crippen molar-refractivity contribution in [1.82, 2.24) is 34.8 Å². The minimum Gasteiger partial charge on any atom is -0.494 e. The van der Waals surface area contributed by atoms with Crippen molar-refractivity contribution in [2.75, 3.05) is 44.4 Å². The van der Waals surface area contributed by atoms with E-state index < -0.39 is 68.5 Å². The Bertz CT molecular complexity index is 2360. The highest BCUT2D eigenvalue weighted by Crippen LogP contribution is 2.32. The lowest BCUT2D eigenvalue weighted by molar-refractivity contribution is -0.142. The molecule has 10 N–H and O–H groups in total. The van der Waals surface area contributed by atoms with Crippen LogP contribution in [0.1, 0.15) is 39.9 Å². The number of hydrogen-bond donors (Lipinski definition) is 9. The zero-order valence-corrected chi connectivity index (χ0v) is 35.3. The number of fused-ring (bicyclic) bond motifs is 1. The summed E-state index contributed by atoms with van der Waals surface area (Å²) in [4.78, 5) is 67.7. The molecule has 3 amide bonds. The number of pyridine rings is 1. The largest absolute Gasteiger partial charge is 0.494 e. The lowest BCUT2D eigenvalue weighted by atomic mass is 10.1. The molecule has 21 nitrogen and oxygen atoms in total. The van der Waals surface area contributed by atoms with Gasteiger partial charge in [0.1, 0.15) is 17.4 Å². The number of hydrogen-bond acceptors (Lipinski definition) is 15. The lowest BCUT2D eigenvalue weighted by Crippen LogP contribution is -2.49. The first-order chi connectivity index (χ1) is 28.2. The molecule has 4 rings (SSSR count). The first-order valence-electron chi connectivity index (χ1n) is 18.4. The number of ether oxygens (including phenoxy) is 2. The second-order valence-electron chi connectivity index (χ2n) is 13.8. The Balaban J connectivity index is 1.31.